The number of sulfone groups is 1. The molecule has 1 amide bonds. The number of amides is 1. The topological polar surface area (TPSA) is 101 Å². The number of hydrogen-bond donors (Lipinski definition) is 1. The molecule has 1 N–H and O–H groups in total. The predicted molar refractivity (Wildman–Crippen MR) is 92.5 cm³/mol. The van der Waals surface area contributed by atoms with Crippen LogP contribution in [0.15, 0.2) is 18.2 Å². The molecule has 1 fully saturated rings. The molecular formula is C16H20ClNO6S. The zero-order valence-electron chi connectivity index (χ0n) is 13.8. The summed E-state index contributed by atoms with van der Waals surface area (Å²) in [7, 11) is -3.12. The van der Waals surface area contributed by atoms with Crippen molar-refractivity contribution in [1.82, 2.24) is 4.90 Å². The highest BCUT2D eigenvalue weighted by molar-refractivity contribution is 7.91. The standard InChI is InChI=1S/C16H20ClNO6S/c1-2-6-18(12-5-7-25(22,23)10-12)15(20)9-24-16(21)13-4-3-11(17)8-14(13)19/h3-4,8,12,19H,2,5-7,9-10H2,1H3/t12-/m0/s1. The molecule has 0 aromatic heterocycles. The van der Waals surface area contributed by atoms with Crippen molar-refractivity contribution in [2.24, 2.45) is 0 Å². The largest absolute Gasteiger partial charge is 0.507 e. The van der Waals surface area contributed by atoms with Gasteiger partial charge in [-0.1, -0.05) is 18.5 Å². The summed E-state index contributed by atoms with van der Waals surface area (Å²) in [5.41, 5.74) is -0.0947. The van der Waals surface area contributed by atoms with Gasteiger partial charge >= 0.3 is 5.97 Å². The zero-order valence-corrected chi connectivity index (χ0v) is 15.3. The average Bonchev–Trinajstić information content (AvgIpc) is 2.89. The highest BCUT2D eigenvalue weighted by Gasteiger charge is 2.34. The Balaban J connectivity index is 2.00. The van der Waals surface area contributed by atoms with E-state index in [1.807, 2.05) is 6.92 Å². The molecule has 0 saturated carbocycles. The first-order valence-corrected chi connectivity index (χ1v) is 10.1. The molecule has 0 unspecified atom stereocenters. The van der Waals surface area contributed by atoms with Crippen molar-refractivity contribution in [3.8, 4) is 5.75 Å². The third kappa shape index (κ3) is 5.09. The number of phenolic OH excluding ortho intramolecular Hbond substituents is 1. The number of rotatable bonds is 6. The molecule has 25 heavy (non-hydrogen) atoms. The lowest BCUT2D eigenvalue weighted by atomic mass is 10.2. The maximum absolute atomic E-state index is 12.4. The molecule has 1 atom stereocenters. The number of aromatic hydroxyl groups is 1. The van der Waals surface area contributed by atoms with Crippen LogP contribution in [0.5, 0.6) is 5.75 Å². The lowest BCUT2D eigenvalue weighted by Gasteiger charge is -2.27. The monoisotopic (exact) mass is 389 g/mol. The van der Waals surface area contributed by atoms with Crippen molar-refractivity contribution in [3.05, 3.63) is 28.8 Å². The van der Waals surface area contributed by atoms with Crippen LogP contribution in [0, 0.1) is 0 Å². The summed E-state index contributed by atoms with van der Waals surface area (Å²) in [6.07, 6.45) is 1.05. The highest BCUT2D eigenvalue weighted by atomic mass is 35.5. The Kier molecular flexibility index (Phi) is 6.29. The Labute approximate surface area is 151 Å². The van der Waals surface area contributed by atoms with Gasteiger partial charge in [0.05, 0.1) is 11.5 Å². The molecule has 0 bridgehead atoms. The van der Waals surface area contributed by atoms with E-state index in [1.165, 1.54) is 23.1 Å². The quantitative estimate of drug-likeness (QED) is 0.742. The van der Waals surface area contributed by atoms with Gasteiger partial charge in [-0.05, 0) is 31.0 Å². The number of carbonyl (C=O) groups excluding carboxylic acids is 2. The summed E-state index contributed by atoms with van der Waals surface area (Å²) in [5, 5.41) is 9.97. The summed E-state index contributed by atoms with van der Waals surface area (Å²) < 4.78 is 28.2. The van der Waals surface area contributed by atoms with Gasteiger partial charge in [0.15, 0.2) is 16.4 Å². The van der Waals surface area contributed by atoms with Crippen molar-refractivity contribution in [2.45, 2.75) is 25.8 Å². The maximum Gasteiger partial charge on any atom is 0.342 e. The number of esters is 1. The number of halogens is 1. The Morgan fingerprint density at radius 2 is 2.12 bits per heavy atom. The van der Waals surface area contributed by atoms with E-state index in [9.17, 15) is 23.1 Å². The molecule has 7 nitrogen and oxygen atoms in total. The molecule has 1 aromatic rings. The minimum atomic E-state index is -3.12. The molecule has 2 rings (SSSR count). The number of nitrogens with zero attached hydrogens (tertiary/aromatic N) is 1. The first kappa shape index (κ1) is 19.5. The van der Waals surface area contributed by atoms with Crippen LogP contribution in [0.2, 0.25) is 5.02 Å². The third-order valence-electron chi connectivity index (χ3n) is 3.94. The zero-order chi connectivity index (χ0) is 18.6. The van der Waals surface area contributed by atoms with E-state index in [0.717, 1.165) is 0 Å². The number of ether oxygens (including phenoxy) is 1. The fourth-order valence-corrected chi connectivity index (χ4v) is 4.64. The van der Waals surface area contributed by atoms with Crippen molar-refractivity contribution in [1.29, 1.82) is 0 Å². The Hall–Kier alpha value is -1.80. The van der Waals surface area contributed by atoms with Crippen LogP contribution in [-0.2, 0) is 19.4 Å². The van der Waals surface area contributed by atoms with Crippen LogP contribution < -0.4 is 0 Å². The number of benzene rings is 1. The van der Waals surface area contributed by atoms with Gasteiger partial charge in [0.25, 0.3) is 5.91 Å². The van der Waals surface area contributed by atoms with Gasteiger partial charge in [-0.2, -0.15) is 0 Å². The van der Waals surface area contributed by atoms with Gasteiger partial charge in [-0.3, -0.25) is 4.79 Å². The van der Waals surface area contributed by atoms with Crippen LogP contribution in [0.1, 0.15) is 30.1 Å². The van der Waals surface area contributed by atoms with Gasteiger partial charge in [-0.25, -0.2) is 13.2 Å². The molecule has 1 aliphatic rings. The van der Waals surface area contributed by atoms with E-state index in [2.05, 4.69) is 0 Å². The van der Waals surface area contributed by atoms with Gasteiger partial charge in [0.1, 0.15) is 11.3 Å². The van der Waals surface area contributed by atoms with Crippen LogP contribution >= 0.6 is 11.6 Å². The number of hydrogen-bond acceptors (Lipinski definition) is 6. The van der Waals surface area contributed by atoms with Crippen molar-refractivity contribution in [3.63, 3.8) is 0 Å². The van der Waals surface area contributed by atoms with Crippen LogP contribution in [0.3, 0.4) is 0 Å². The van der Waals surface area contributed by atoms with Crippen LogP contribution in [-0.4, -0.2) is 61.0 Å². The van der Waals surface area contributed by atoms with E-state index in [-0.39, 0.29) is 33.9 Å². The average molecular weight is 390 g/mol. The van der Waals surface area contributed by atoms with Gasteiger partial charge in [-0.15, -0.1) is 0 Å². The fourth-order valence-electron chi connectivity index (χ4n) is 2.74. The minimum absolute atomic E-state index is 0.0591. The normalized spacial score (nSPS) is 18.7. The lowest BCUT2D eigenvalue weighted by molar-refractivity contribution is -0.136. The summed E-state index contributed by atoms with van der Waals surface area (Å²) in [5.74, 6) is -1.64. The van der Waals surface area contributed by atoms with Crippen molar-refractivity contribution in [2.75, 3.05) is 24.7 Å². The second-order valence-corrected chi connectivity index (χ2v) is 8.55. The summed E-state index contributed by atoms with van der Waals surface area (Å²) >= 11 is 5.70. The molecule has 1 saturated heterocycles. The summed E-state index contributed by atoms with van der Waals surface area (Å²) in [6, 6.07) is 3.54. The molecule has 9 heteroatoms. The number of phenols is 1. The molecule has 1 aromatic carbocycles. The van der Waals surface area contributed by atoms with E-state index >= 15 is 0 Å². The van der Waals surface area contributed by atoms with Crippen LogP contribution in [0.4, 0.5) is 0 Å². The number of carbonyl (C=O) groups is 2. The molecule has 138 valence electrons. The van der Waals surface area contributed by atoms with Crippen molar-refractivity contribution < 1.29 is 27.9 Å². The molecule has 0 spiro atoms. The van der Waals surface area contributed by atoms with Gasteiger partial charge < -0.3 is 14.7 Å². The van der Waals surface area contributed by atoms with Gasteiger partial charge in [0, 0.05) is 17.6 Å². The minimum Gasteiger partial charge on any atom is -0.507 e. The first-order chi connectivity index (χ1) is 11.7. The Bertz CT molecular complexity index is 764. The van der Waals surface area contributed by atoms with Crippen LogP contribution in [0.25, 0.3) is 0 Å². The lowest BCUT2D eigenvalue weighted by Crippen LogP contribution is -2.43. The van der Waals surface area contributed by atoms with E-state index in [4.69, 9.17) is 16.3 Å². The third-order valence-corrected chi connectivity index (χ3v) is 5.93. The summed E-state index contributed by atoms with van der Waals surface area (Å²) in [4.78, 5) is 25.8. The summed E-state index contributed by atoms with van der Waals surface area (Å²) in [6.45, 7) is 1.75. The molecule has 0 aliphatic carbocycles. The van der Waals surface area contributed by atoms with E-state index in [0.29, 0.717) is 19.4 Å². The predicted octanol–water partition coefficient (Wildman–Crippen LogP) is 1.63. The van der Waals surface area contributed by atoms with E-state index < -0.39 is 28.3 Å². The molecule has 1 aliphatic heterocycles. The Morgan fingerprint density at radius 3 is 2.68 bits per heavy atom. The van der Waals surface area contributed by atoms with Gasteiger partial charge in [0.2, 0.25) is 0 Å². The highest BCUT2D eigenvalue weighted by Crippen LogP contribution is 2.23. The Morgan fingerprint density at radius 1 is 1.40 bits per heavy atom. The molecule has 0 radical (unpaired) electrons. The van der Waals surface area contributed by atoms with E-state index in [1.54, 1.807) is 0 Å². The maximum atomic E-state index is 12.4. The fraction of sp³-hybridized carbons (Fsp3) is 0.500. The SMILES string of the molecule is CCCN(C(=O)COC(=O)c1ccc(Cl)cc1O)[C@H]1CCS(=O)(=O)C1. The second-order valence-electron chi connectivity index (χ2n) is 5.88. The first-order valence-electron chi connectivity index (χ1n) is 7.89. The molecular weight excluding hydrogens is 370 g/mol. The molecule has 1 heterocycles. The second kappa shape index (κ2) is 8.05. The van der Waals surface area contributed by atoms with Crippen molar-refractivity contribution >= 4 is 33.3 Å². The smallest absolute Gasteiger partial charge is 0.342 e.